The second-order valence-corrected chi connectivity index (χ2v) is 15.4. The van der Waals surface area contributed by atoms with Crippen LogP contribution in [0.1, 0.15) is 78.8 Å². The summed E-state index contributed by atoms with van der Waals surface area (Å²) in [5.41, 5.74) is 20.5. The lowest BCUT2D eigenvalue weighted by Crippen LogP contribution is -2.43. The molecule has 4 aliphatic rings. The average Bonchev–Trinajstić information content (AvgIpc) is 3.90. The first-order valence-corrected chi connectivity index (χ1v) is 18.8. The van der Waals surface area contributed by atoms with E-state index in [0.717, 1.165) is 49.1 Å². The van der Waals surface area contributed by atoms with E-state index in [0.29, 0.717) is 67.1 Å². The average molecular weight is 724 g/mol. The van der Waals surface area contributed by atoms with E-state index in [9.17, 15) is 14.9 Å². The smallest absolute Gasteiger partial charge is 0.274 e. The van der Waals surface area contributed by atoms with Crippen molar-refractivity contribution in [1.82, 2.24) is 19.4 Å². The minimum Gasteiger partial charge on any atom is -0.468 e. The van der Waals surface area contributed by atoms with Gasteiger partial charge in [0.2, 0.25) is 5.88 Å². The van der Waals surface area contributed by atoms with E-state index in [2.05, 4.69) is 34.6 Å². The number of hydrogen-bond acceptors (Lipinski definition) is 13. The molecule has 2 aliphatic heterocycles. The molecule has 13 nitrogen and oxygen atoms in total. The number of carbonyl (C=O) groups is 1. The number of nitriles is 1. The molecule has 0 bridgehead atoms. The molecule has 5 heterocycles. The summed E-state index contributed by atoms with van der Waals surface area (Å²) in [5.74, 6) is 0.702. The number of ether oxygens (including phenoxy) is 2. The predicted octanol–water partition coefficient (Wildman–Crippen LogP) is 4.25. The van der Waals surface area contributed by atoms with Crippen LogP contribution in [0.3, 0.4) is 0 Å². The van der Waals surface area contributed by atoms with Gasteiger partial charge in [0.15, 0.2) is 17.4 Å². The van der Waals surface area contributed by atoms with Crippen LogP contribution in [0.15, 0.2) is 46.3 Å². The Morgan fingerprint density at radius 2 is 2.06 bits per heavy atom. The van der Waals surface area contributed by atoms with Gasteiger partial charge in [-0.2, -0.15) is 10.2 Å². The van der Waals surface area contributed by atoms with Crippen molar-refractivity contribution in [3.05, 3.63) is 74.3 Å². The second kappa shape index (κ2) is 14.7. The molecule has 0 radical (unpaired) electrons. The van der Waals surface area contributed by atoms with Crippen molar-refractivity contribution in [3.8, 4) is 11.9 Å². The van der Waals surface area contributed by atoms with E-state index in [1.54, 1.807) is 29.0 Å². The lowest BCUT2D eigenvalue weighted by Gasteiger charge is -2.40. The maximum atomic E-state index is 14.6. The van der Waals surface area contributed by atoms with Gasteiger partial charge in [0.05, 0.1) is 29.3 Å². The molecule has 3 aromatic heterocycles. The monoisotopic (exact) mass is 723 g/mol. The first-order chi connectivity index (χ1) is 25.1. The van der Waals surface area contributed by atoms with Gasteiger partial charge in [0, 0.05) is 53.6 Å². The van der Waals surface area contributed by atoms with Gasteiger partial charge in [0.25, 0.3) is 5.56 Å². The van der Waals surface area contributed by atoms with Gasteiger partial charge in [-0.1, -0.05) is 6.58 Å². The van der Waals surface area contributed by atoms with Crippen LogP contribution >= 0.6 is 11.3 Å². The molecule has 3 aromatic rings. The predicted molar refractivity (Wildman–Crippen MR) is 202 cm³/mol. The molecule has 4 atom stereocenters. The number of allylic oxidation sites excluding steroid dienone is 1. The number of rotatable bonds is 9. The normalized spacial score (nSPS) is 25.0. The third kappa shape index (κ3) is 6.53. The quantitative estimate of drug-likeness (QED) is 0.162. The number of thiophene rings is 1. The highest BCUT2D eigenvalue weighted by atomic mass is 32.1. The van der Waals surface area contributed by atoms with Crippen molar-refractivity contribution >= 4 is 45.5 Å². The summed E-state index contributed by atoms with van der Waals surface area (Å²) in [5, 5.41) is 10.5. The lowest BCUT2D eigenvalue weighted by atomic mass is 9.61. The van der Waals surface area contributed by atoms with Gasteiger partial charge in [-0.05, 0) is 89.1 Å². The van der Waals surface area contributed by atoms with Crippen molar-refractivity contribution in [2.75, 3.05) is 38.3 Å². The molecule has 0 aromatic carbocycles. The highest BCUT2D eigenvalue weighted by molar-refractivity contribution is 7.16. The van der Waals surface area contributed by atoms with E-state index in [4.69, 9.17) is 31.7 Å². The van der Waals surface area contributed by atoms with Crippen molar-refractivity contribution in [3.63, 3.8) is 0 Å². The summed E-state index contributed by atoms with van der Waals surface area (Å²) >= 11 is 1.40. The maximum Gasteiger partial charge on any atom is 0.274 e. The fraction of sp³-hybridized carbons (Fsp3) is 0.474. The highest BCUT2D eigenvalue weighted by Crippen LogP contribution is 2.52. The number of fused-ring (bicyclic) bond motifs is 2. The molecule has 2 saturated heterocycles. The molecular weight excluding hydrogens is 679 g/mol. The Hall–Kier alpha value is -4.84. The van der Waals surface area contributed by atoms with Crippen LogP contribution in [0.2, 0.25) is 0 Å². The Bertz CT molecular complexity index is 2060. The number of hydrogen-bond donors (Lipinski definition) is 3. The zero-order valence-electron chi connectivity index (χ0n) is 29.5. The molecule has 0 unspecified atom stereocenters. The van der Waals surface area contributed by atoms with Crippen LogP contribution in [0.25, 0.3) is 5.70 Å². The molecule has 0 amide bonds. The zero-order chi connectivity index (χ0) is 36.6. The summed E-state index contributed by atoms with van der Waals surface area (Å²) in [6.45, 7) is 6.83. The van der Waals surface area contributed by atoms with E-state index in [-0.39, 0.29) is 58.3 Å². The molecule has 7 rings (SSSR count). The molecule has 6 N–H and O–H groups in total. The first kappa shape index (κ1) is 35.6. The number of carbonyl (C=O) groups excluding carboxylic acids is 1. The first-order valence-electron chi connectivity index (χ1n) is 18.0. The Kier molecular flexibility index (Phi) is 10.0. The van der Waals surface area contributed by atoms with E-state index >= 15 is 0 Å². The number of nitrogen functional groups attached to an aromatic ring is 2. The van der Waals surface area contributed by atoms with Crippen molar-refractivity contribution in [2.24, 2.45) is 16.6 Å². The number of pyridine rings is 1. The Labute approximate surface area is 306 Å². The highest BCUT2D eigenvalue weighted by Gasteiger charge is 2.49. The molecule has 272 valence electrons. The van der Waals surface area contributed by atoms with Gasteiger partial charge in [-0.25, -0.2) is 9.98 Å². The summed E-state index contributed by atoms with van der Waals surface area (Å²) in [4.78, 5) is 45.0. The number of Topliss-reactive ketones (excluding diaryl/α,β-unsaturated/α-hetero) is 1. The van der Waals surface area contributed by atoms with Crippen LogP contribution in [0.4, 0.5) is 16.5 Å². The van der Waals surface area contributed by atoms with Crippen LogP contribution in [-0.4, -0.2) is 70.4 Å². The number of anilines is 2. The van der Waals surface area contributed by atoms with E-state index in [1.807, 2.05) is 0 Å². The minimum absolute atomic E-state index is 0.0734. The van der Waals surface area contributed by atoms with Crippen LogP contribution in [0, 0.1) is 17.2 Å². The lowest BCUT2D eigenvalue weighted by molar-refractivity contribution is -0.122. The largest absolute Gasteiger partial charge is 0.468 e. The number of ketones is 1. The molecule has 14 heteroatoms. The molecule has 2 aliphatic carbocycles. The number of likely N-dealkylation sites (N-methyl/N-ethyl adjacent to an activating group) is 1. The second-order valence-electron chi connectivity index (χ2n) is 14.3. The summed E-state index contributed by atoms with van der Waals surface area (Å²) in [7, 11) is 2.06. The number of aliphatic imine (C=N–C) groups is 1. The number of nitrogens with zero attached hydrogens (tertiary/aromatic N) is 6. The van der Waals surface area contributed by atoms with Gasteiger partial charge in [-0.15, -0.1) is 11.3 Å². The Morgan fingerprint density at radius 3 is 2.77 bits per heavy atom. The molecule has 1 spiro atoms. The molecular formula is C38H45N9O4S. The Balaban J connectivity index is 1.26. The van der Waals surface area contributed by atoms with Gasteiger partial charge in [0.1, 0.15) is 22.9 Å². The number of aromatic nitrogens is 3. The van der Waals surface area contributed by atoms with Crippen molar-refractivity contribution in [2.45, 2.75) is 81.9 Å². The fourth-order valence-electron chi connectivity index (χ4n) is 8.36. The summed E-state index contributed by atoms with van der Waals surface area (Å²) in [6, 6.07) is 5.73. The SMILES string of the molecule is C=C[C@H](Oc1cc(/N=C/c2ccn(C[C@H]3CCOC3)c(=O)c2N)nc(/C(N)=C2\CCC[C@@]3(CCCc4sc(N)c(C#N)c43)C2=O)n1)[C@@H]1CCCN1C. The van der Waals surface area contributed by atoms with Crippen LogP contribution in [0.5, 0.6) is 5.88 Å². The molecule has 1 saturated carbocycles. The van der Waals surface area contributed by atoms with Crippen LogP contribution < -0.4 is 27.5 Å². The summed E-state index contributed by atoms with van der Waals surface area (Å²) in [6.07, 6.45) is 11.5. The van der Waals surface area contributed by atoms with Gasteiger partial charge >= 0.3 is 0 Å². The van der Waals surface area contributed by atoms with Gasteiger partial charge < -0.3 is 31.2 Å². The maximum absolute atomic E-state index is 14.6. The molecule has 52 heavy (non-hydrogen) atoms. The number of likely N-dealkylation sites (tertiary alicyclic amines) is 1. The Morgan fingerprint density at radius 1 is 1.25 bits per heavy atom. The van der Waals surface area contributed by atoms with Crippen molar-refractivity contribution in [1.29, 1.82) is 5.26 Å². The van der Waals surface area contributed by atoms with E-state index < -0.39 is 5.41 Å². The molecule has 3 fully saturated rings. The van der Waals surface area contributed by atoms with Gasteiger partial charge in [-0.3, -0.25) is 14.5 Å². The standard InChI is InChI=1S/C38H45N9O4S/c1-3-27(26-8-6-14-46(26)2)51-30-17-29(43-19-23-10-15-47(37(49)32(23)40)20-22-11-16-50-21-22)44-36(45-30)33(41)24-7-4-12-38(34(24)48)13-5-9-28-31(38)25(18-39)35(42)52-28/h3,10,15,17,19,22,26-27H,1,4-9,11-14,16,20-21,40-42H2,2H3/b33-24-,43-19+/t22-,26+,27+,38+/m1/s1. The summed E-state index contributed by atoms with van der Waals surface area (Å²) < 4.78 is 13.5. The third-order valence-electron chi connectivity index (χ3n) is 11.1. The van der Waals surface area contributed by atoms with Crippen LogP contribution in [-0.2, 0) is 27.9 Å². The third-order valence-corrected chi connectivity index (χ3v) is 12.2. The zero-order valence-corrected chi connectivity index (χ0v) is 30.3. The van der Waals surface area contributed by atoms with Crippen molar-refractivity contribution < 1.29 is 14.3 Å². The number of nitrogens with two attached hydrogens (primary N) is 3. The topological polar surface area (TPSA) is 201 Å². The fourth-order valence-corrected chi connectivity index (χ4v) is 9.52. The minimum atomic E-state index is -0.871. The van der Waals surface area contributed by atoms with E-state index in [1.165, 1.54) is 17.6 Å². The number of aryl methyl sites for hydroxylation is 1.